The number of nitrogens with zero attached hydrogens (tertiary/aromatic N) is 1. The van der Waals surface area contributed by atoms with Crippen LogP contribution in [0.3, 0.4) is 0 Å². The predicted molar refractivity (Wildman–Crippen MR) is 71.4 cm³/mol. The number of hydrogen-bond acceptors (Lipinski definition) is 2. The Kier molecular flexibility index (Phi) is 3.01. The number of aryl methyl sites for hydroxylation is 1. The minimum absolute atomic E-state index is 0.169. The highest BCUT2D eigenvalue weighted by atomic mass is 16.4. The van der Waals surface area contributed by atoms with E-state index in [0.717, 1.165) is 17.8 Å². The van der Waals surface area contributed by atoms with Gasteiger partial charge in [0.25, 0.3) is 0 Å². The van der Waals surface area contributed by atoms with Crippen LogP contribution in [-0.2, 0) is 11.2 Å². The molecule has 1 aliphatic heterocycles. The first-order valence-corrected chi connectivity index (χ1v) is 6.82. The molecule has 2 aliphatic rings. The van der Waals surface area contributed by atoms with E-state index in [0.29, 0.717) is 24.3 Å². The molecular formula is C15H17NO3. The first-order valence-electron chi connectivity index (χ1n) is 6.82. The van der Waals surface area contributed by atoms with Crippen molar-refractivity contribution in [1.82, 2.24) is 0 Å². The molecule has 1 N–H and O–H groups in total. The summed E-state index contributed by atoms with van der Waals surface area (Å²) in [5.74, 6) is -0.123. The lowest BCUT2D eigenvalue weighted by molar-refractivity contribution is -0.119. The van der Waals surface area contributed by atoms with E-state index in [1.54, 1.807) is 18.2 Å². The van der Waals surface area contributed by atoms with Gasteiger partial charge in [0.05, 0.1) is 5.56 Å². The summed E-state index contributed by atoms with van der Waals surface area (Å²) in [6.45, 7) is 0.790. The van der Waals surface area contributed by atoms with Crippen molar-refractivity contribution in [3.8, 4) is 0 Å². The molecule has 1 amide bonds. The third kappa shape index (κ3) is 2.23. The molecule has 1 aliphatic carbocycles. The zero-order valence-electron chi connectivity index (χ0n) is 10.8. The van der Waals surface area contributed by atoms with Gasteiger partial charge in [-0.25, -0.2) is 4.79 Å². The molecule has 100 valence electrons. The normalized spacial score (nSPS) is 18.9. The van der Waals surface area contributed by atoms with Gasteiger partial charge in [-0.15, -0.1) is 0 Å². The minimum Gasteiger partial charge on any atom is -0.478 e. The molecule has 0 saturated heterocycles. The van der Waals surface area contributed by atoms with Crippen LogP contribution in [0.25, 0.3) is 0 Å². The highest BCUT2D eigenvalue weighted by molar-refractivity contribution is 5.97. The van der Waals surface area contributed by atoms with E-state index >= 15 is 0 Å². The molecule has 0 radical (unpaired) electrons. The summed E-state index contributed by atoms with van der Waals surface area (Å²) in [4.78, 5) is 24.9. The Labute approximate surface area is 112 Å². The molecule has 0 aromatic heterocycles. The van der Waals surface area contributed by atoms with Crippen LogP contribution in [0.2, 0.25) is 0 Å². The van der Waals surface area contributed by atoms with Crippen molar-refractivity contribution in [2.75, 3.05) is 11.4 Å². The molecule has 1 fully saturated rings. The van der Waals surface area contributed by atoms with E-state index in [1.807, 2.05) is 4.90 Å². The molecule has 0 unspecified atom stereocenters. The van der Waals surface area contributed by atoms with Crippen molar-refractivity contribution in [2.24, 2.45) is 5.92 Å². The molecule has 1 aromatic carbocycles. The summed E-state index contributed by atoms with van der Waals surface area (Å²) in [5.41, 5.74) is 2.20. The maximum atomic E-state index is 12.1. The largest absolute Gasteiger partial charge is 0.478 e. The fraction of sp³-hybridized carbons (Fsp3) is 0.467. The molecule has 4 nitrogen and oxygen atoms in total. The lowest BCUT2D eigenvalue weighted by Crippen LogP contribution is -2.40. The van der Waals surface area contributed by atoms with E-state index in [9.17, 15) is 9.59 Å². The second-order valence-corrected chi connectivity index (χ2v) is 5.45. The van der Waals surface area contributed by atoms with Crippen molar-refractivity contribution in [3.05, 3.63) is 29.3 Å². The summed E-state index contributed by atoms with van der Waals surface area (Å²) in [6, 6.07) is 5.08. The van der Waals surface area contributed by atoms with Gasteiger partial charge in [-0.2, -0.15) is 0 Å². The molecule has 0 spiro atoms. The number of carboxylic acid groups (broad SMARTS) is 1. The van der Waals surface area contributed by atoms with Crippen molar-refractivity contribution < 1.29 is 14.7 Å². The third-order valence-electron chi connectivity index (χ3n) is 4.19. The smallest absolute Gasteiger partial charge is 0.335 e. The van der Waals surface area contributed by atoms with Gasteiger partial charge < -0.3 is 10.0 Å². The number of fused-ring (bicyclic) bond motifs is 1. The number of carbonyl (C=O) groups excluding carboxylic acids is 1. The third-order valence-corrected chi connectivity index (χ3v) is 4.19. The molecule has 0 bridgehead atoms. The van der Waals surface area contributed by atoms with Gasteiger partial charge in [0, 0.05) is 18.7 Å². The average Bonchev–Trinajstić information content (AvgIpc) is 2.34. The maximum absolute atomic E-state index is 12.1. The predicted octanol–water partition coefficient (Wildman–Crippen LogP) is 2.46. The molecule has 0 atom stereocenters. The van der Waals surface area contributed by atoms with Crippen LogP contribution in [0.4, 0.5) is 5.69 Å². The van der Waals surface area contributed by atoms with Crippen LogP contribution in [0.5, 0.6) is 0 Å². The zero-order valence-corrected chi connectivity index (χ0v) is 10.8. The Morgan fingerprint density at radius 1 is 1.32 bits per heavy atom. The fourth-order valence-corrected chi connectivity index (χ4v) is 2.83. The quantitative estimate of drug-likeness (QED) is 0.907. The summed E-state index contributed by atoms with van der Waals surface area (Å²) in [7, 11) is 0. The van der Waals surface area contributed by atoms with Crippen LogP contribution in [0.15, 0.2) is 18.2 Å². The van der Waals surface area contributed by atoms with Crippen molar-refractivity contribution in [2.45, 2.75) is 32.1 Å². The van der Waals surface area contributed by atoms with Crippen LogP contribution in [0.1, 0.15) is 41.6 Å². The first kappa shape index (κ1) is 12.2. The second kappa shape index (κ2) is 4.68. The van der Waals surface area contributed by atoms with E-state index in [-0.39, 0.29) is 5.91 Å². The summed E-state index contributed by atoms with van der Waals surface area (Å²) >= 11 is 0. The maximum Gasteiger partial charge on any atom is 0.335 e. The van der Waals surface area contributed by atoms with Gasteiger partial charge >= 0.3 is 5.97 Å². The fourth-order valence-electron chi connectivity index (χ4n) is 2.83. The average molecular weight is 259 g/mol. The number of benzene rings is 1. The number of hydrogen-bond donors (Lipinski definition) is 1. The number of rotatable bonds is 3. The first-order chi connectivity index (χ1) is 9.15. The van der Waals surface area contributed by atoms with Gasteiger partial charge in [-0.05, 0) is 48.9 Å². The number of amides is 1. The van der Waals surface area contributed by atoms with E-state index in [1.165, 1.54) is 19.3 Å². The van der Waals surface area contributed by atoms with Gasteiger partial charge in [0.1, 0.15) is 0 Å². The topological polar surface area (TPSA) is 57.6 Å². The van der Waals surface area contributed by atoms with E-state index in [2.05, 4.69) is 0 Å². The highest BCUT2D eigenvalue weighted by Crippen LogP contribution is 2.33. The van der Waals surface area contributed by atoms with Crippen molar-refractivity contribution in [3.63, 3.8) is 0 Å². The Bertz CT molecular complexity index is 534. The molecule has 3 rings (SSSR count). The van der Waals surface area contributed by atoms with Gasteiger partial charge in [0.15, 0.2) is 0 Å². The Balaban J connectivity index is 1.90. The monoisotopic (exact) mass is 259 g/mol. The summed E-state index contributed by atoms with van der Waals surface area (Å²) in [6.07, 6.45) is 4.80. The Morgan fingerprint density at radius 3 is 2.74 bits per heavy atom. The van der Waals surface area contributed by atoms with Crippen LogP contribution < -0.4 is 4.90 Å². The van der Waals surface area contributed by atoms with E-state index < -0.39 is 5.97 Å². The Hall–Kier alpha value is -1.84. The van der Waals surface area contributed by atoms with Crippen LogP contribution in [0, 0.1) is 5.92 Å². The van der Waals surface area contributed by atoms with Crippen LogP contribution in [-0.4, -0.2) is 23.5 Å². The van der Waals surface area contributed by atoms with Gasteiger partial charge in [-0.1, -0.05) is 6.42 Å². The number of aromatic carboxylic acids is 1. The standard InChI is InChI=1S/C15H17NO3/c17-14-7-5-11-8-12(15(18)19)4-6-13(11)16(14)9-10-2-1-3-10/h4,6,8,10H,1-3,5,7,9H2,(H,18,19). The molecule has 4 heteroatoms. The molecule has 19 heavy (non-hydrogen) atoms. The van der Waals surface area contributed by atoms with Crippen molar-refractivity contribution in [1.29, 1.82) is 0 Å². The highest BCUT2D eigenvalue weighted by Gasteiger charge is 2.29. The molecule has 1 saturated carbocycles. The van der Waals surface area contributed by atoms with Gasteiger partial charge in [0.2, 0.25) is 5.91 Å². The Morgan fingerprint density at radius 2 is 2.11 bits per heavy atom. The lowest BCUT2D eigenvalue weighted by atomic mass is 9.84. The van der Waals surface area contributed by atoms with Crippen molar-refractivity contribution >= 4 is 17.6 Å². The minimum atomic E-state index is -0.912. The summed E-state index contributed by atoms with van der Waals surface area (Å²) in [5, 5.41) is 9.02. The second-order valence-electron chi connectivity index (χ2n) is 5.45. The van der Waals surface area contributed by atoms with E-state index in [4.69, 9.17) is 5.11 Å². The molecule has 1 heterocycles. The molecular weight excluding hydrogens is 242 g/mol. The number of carboxylic acids is 1. The molecule has 1 aromatic rings. The lowest BCUT2D eigenvalue weighted by Gasteiger charge is -2.35. The van der Waals surface area contributed by atoms with Crippen LogP contribution >= 0.6 is 0 Å². The number of carbonyl (C=O) groups is 2. The zero-order chi connectivity index (χ0) is 13.4. The number of anilines is 1. The van der Waals surface area contributed by atoms with Gasteiger partial charge in [-0.3, -0.25) is 4.79 Å². The SMILES string of the molecule is O=C(O)c1ccc2c(c1)CCC(=O)N2CC1CCC1. The summed E-state index contributed by atoms with van der Waals surface area (Å²) < 4.78 is 0.